The van der Waals surface area contributed by atoms with Gasteiger partial charge in [0.15, 0.2) is 0 Å². The van der Waals surface area contributed by atoms with Gasteiger partial charge in [-0.3, -0.25) is 0 Å². The monoisotopic (exact) mass is 310 g/mol. The minimum absolute atomic E-state index is 0. The standard InChI is InChI=1S/C6H12N3P.CH3.ClH.Ru/c1-7-2-9-3-8(1)5-10(4-7)6-9;;;/h1-6H2;1H3;1H;/q;-1;;+2. The molecule has 6 heteroatoms. The summed E-state index contributed by atoms with van der Waals surface area (Å²) in [6.45, 7) is 3.76. The average Bonchev–Trinajstić information content (AvgIpc) is 2.05. The van der Waals surface area contributed by atoms with Gasteiger partial charge in [-0.05, 0) is 0 Å². The van der Waals surface area contributed by atoms with Crippen LogP contribution in [-0.4, -0.2) is 53.6 Å². The number of nitrogens with zero attached hydrogens (tertiary/aromatic N) is 3. The summed E-state index contributed by atoms with van der Waals surface area (Å²) in [5, 5.41) is 0. The van der Waals surface area contributed by atoms with Gasteiger partial charge in [-0.1, -0.05) is 0 Å². The van der Waals surface area contributed by atoms with Crippen LogP contribution in [0, 0.1) is 7.43 Å². The molecule has 0 aromatic rings. The van der Waals surface area contributed by atoms with Crippen molar-refractivity contribution in [3.8, 4) is 0 Å². The first-order valence-electron chi connectivity index (χ1n) is 4.04. The van der Waals surface area contributed by atoms with Gasteiger partial charge in [-0.25, -0.2) is 14.7 Å². The molecule has 0 aromatic heterocycles. The van der Waals surface area contributed by atoms with Crippen molar-refractivity contribution < 1.29 is 17.3 Å². The molecule has 0 amide bonds. The third-order valence-corrected chi connectivity index (χ3v) is 5.22. The van der Waals surface area contributed by atoms with E-state index >= 15 is 0 Å². The molecule has 4 fully saturated rings. The first kappa shape index (κ1) is 12.3. The zero-order valence-electron chi connectivity index (χ0n) is 7.82. The number of hydrogen-bond acceptors (Lipinski definition) is 3. The fraction of sp³-hybridized carbons (Fsp3) is 0.857. The van der Waals surface area contributed by atoms with Crippen molar-refractivity contribution >= 4 is 17.6 Å². The quantitative estimate of drug-likeness (QED) is 0.376. The van der Waals surface area contributed by atoms with Crippen LogP contribution in [0.4, 0.5) is 0 Å². The molecule has 0 aromatic carbocycles. The Bertz CT molecular complexity index is 115. The molecule has 0 spiro atoms. The van der Waals surface area contributed by atoms with Crippen molar-refractivity contribution in [3.63, 3.8) is 0 Å². The van der Waals surface area contributed by atoms with Gasteiger partial charge in [0.2, 0.25) is 0 Å². The summed E-state index contributed by atoms with van der Waals surface area (Å²) in [6.07, 6.45) is 4.37. The fourth-order valence-electron chi connectivity index (χ4n) is 2.38. The summed E-state index contributed by atoms with van der Waals surface area (Å²) in [6, 6.07) is 0. The van der Waals surface area contributed by atoms with E-state index in [2.05, 4.69) is 24.4 Å². The van der Waals surface area contributed by atoms with Crippen LogP contribution in [0.5, 0.6) is 0 Å². The molecule has 3 nitrogen and oxygen atoms in total. The average molecular weight is 310 g/mol. The molecule has 4 saturated heterocycles. The van der Waals surface area contributed by atoms with Gasteiger partial charge in [0.25, 0.3) is 0 Å². The van der Waals surface area contributed by atoms with Gasteiger partial charge < -0.3 is 7.43 Å². The van der Waals surface area contributed by atoms with Crippen LogP contribution in [0.15, 0.2) is 0 Å². The van der Waals surface area contributed by atoms with Gasteiger partial charge in [-0.2, -0.15) is 0 Å². The van der Waals surface area contributed by atoms with Crippen LogP contribution in [0.2, 0.25) is 0 Å². The molecule has 0 aliphatic carbocycles. The summed E-state index contributed by atoms with van der Waals surface area (Å²) >= 11 is 1.82. The Morgan fingerprint density at radius 1 is 0.846 bits per heavy atom. The molecule has 4 heterocycles. The minimum atomic E-state index is 0. The third-order valence-electron chi connectivity index (χ3n) is 2.54. The Labute approximate surface area is 95.9 Å². The van der Waals surface area contributed by atoms with E-state index in [1.165, 1.54) is 38.9 Å². The van der Waals surface area contributed by atoms with Gasteiger partial charge in [0.05, 0.1) is 20.0 Å². The first-order chi connectivity index (χ1) is 5.90. The normalized spacial score (nSPS) is 44.8. The van der Waals surface area contributed by atoms with Crippen molar-refractivity contribution in [2.24, 2.45) is 0 Å². The van der Waals surface area contributed by atoms with E-state index < -0.39 is 0 Å². The van der Waals surface area contributed by atoms with E-state index in [0.29, 0.717) is 0 Å². The molecule has 0 saturated carbocycles. The van der Waals surface area contributed by atoms with Gasteiger partial charge in [0.1, 0.15) is 18.9 Å². The topological polar surface area (TPSA) is 9.72 Å². The molecule has 4 rings (SSSR count). The second-order valence-corrected chi connectivity index (χ2v) is 6.11. The number of rotatable bonds is 0. The maximum absolute atomic E-state index is 4.57. The molecule has 78 valence electrons. The molecule has 13 heavy (non-hydrogen) atoms. The molecule has 4 aliphatic rings. The maximum atomic E-state index is 4.57. The second kappa shape index (κ2) is 5.35. The summed E-state index contributed by atoms with van der Waals surface area (Å²) in [7, 11) is 4.60. The molecule has 4 aliphatic heterocycles. The van der Waals surface area contributed by atoms with Crippen molar-refractivity contribution in [2.75, 3.05) is 38.9 Å². The Kier molecular flexibility index (Phi) is 5.06. The van der Waals surface area contributed by atoms with Gasteiger partial charge in [0, 0.05) is 7.92 Å². The third kappa shape index (κ3) is 2.62. The van der Waals surface area contributed by atoms with Crippen LogP contribution in [-0.2, 0) is 17.3 Å². The summed E-state index contributed by atoms with van der Waals surface area (Å²) in [4.78, 5) is 7.76. The number of halogens is 1. The second-order valence-electron chi connectivity index (χ2n) is 3.66. The zero-order valence-corrected chi connectivity index (χ0v) is 11.3. The predicted octanol–water partition coefficient (Wildman–Crippen LogP) is 1.03. The van der Waals surface area contributed by atoms with E-state index in [1.807, 2.05) is 17.3 Å². The first-order valence-corrected chi connectivity index (χ1v) is 8.40. The van der Waals surface area contributed by atoms with Crippen LogP contribution in [0.25, 0.3) is 0 Å². The van der Waals surface area contributed by atoms with E-state index in [-0.39, 0.29) is 15.3 Å². The van der Waals surface area contributed by atoms with E-state index in [4.69, 9.17) is 0 Å². The van der Waals surface area contributed by atoms with Crippen molar-refractivity contribution in [1.82, 2.24) is 14.7 Å². The van der Waals surface area contributed by atoms with E-state index in [1.54, 1.807) is 0 Å². The van der Waals surface area contributed by atoms with Crippen molar-refractivity contribution in [3.05, 3.63) is 7.43 Å². The molecule has 0 N–H and O–H groups in total. The number of hydrogen-bond donors (Lipinski definition) is 0. The summed E-state index contributed by atoms with van der Waals surface area (Å²) in [5.41, 5.74) is 0. The van der Waals surface area contributed by atoms with Crippen LogP contribution in [0.1, 0.15) is 0 Å². The van der Waals surface area contributed by atoms with Gasteiger partial charge in [-0.15, -0.1) is 0 Å². The molecule has 0 atom stereocenters. The van der Waals surface area contributed by atoms with Crippen LogP contribution in [0.3, 0.4) is 0 Å². The van der Waals surface area contributed by atoms with Crippen LogP contribution >= 0.6 is 17.6 Å². The Hall–Kier alpha value is 1.22. The SMILES string of the molecule is C1N2CN3CN1C[PH+](C2)C3.[CH3-].[Cl][Ru+]. The Morgan fingerprint density at radius 2 is 1.15 bits per heavy atom. The van der Waals surface area contributed by atoms with Crippen LogP contribution < -0.4 is 0 Å². The van der Waals surface area contributed by atoms with Gasteiger partial charge >= 0.3 is 27.0 Å². The predicted molar refractivity (Wildman–Crippen MR) is 55.3 cm³/mol. The van der Waals surface area contributed by atoms with Crippen molar-refractivity contribution in [1.29, 1.82) is 0 Å². The molecule has 0 radical (unpaired) electrons. The molecular formula is C7H16ClN3PRu+. The summed E-state index contributed by atoms with van der Waals surface area (Å²) in [5.74, 6) is 0. The molecule has 0 unspecified atom stereocenters. The Morgan fingerprint density at radius 3 is 1.38 bits per heavy atom. The summed E-state index contributed by atoms with van der Waals surface area (Å²) < 4.78 is 0. The Balaban J connectivity index is 0.000000266. The molecule has 4 bridgehead atoms. The fourth-order valence-corrected chi connectivity index (χ4v) is 5.18. The molecular weight excluding hydrogens is 294 g/mol. The van der Waals surface area contributed by atoms with Crippen molar-refractivity contribution in [2.45, 2.75) is 0 Å². The van der Waals surface area contributed by atoms with E-state index in [9.17, 15) is 0 Å². The van der Waals surface area contributed by atoms with E-state index in [0.717, 1.165) is 0 Å². The zero-order chi connectivity index (χ0) is 8.55.